The van der Waals surface area contributed by atoms with Gasteiger partial charge in [-0.15, -0.1) is 6.42 Å². The number of nitrogens with one attached hydrogen (secondary N) is 2. The quantitative estimate of drug-likeness (QED) is 0.626. The molecule has 6 heteroatoms. The zero-order valence-corrected chi connectivity index (χ0v) is 10.1. The number of hydrogen-bond acceptors (Lipinski definition) is 4. The van der Waals surface area contributed by atoms with Gasteiger partial charge in [0.25, 0.3) is 0 Å². The van der Waals surface area contributed by atoms with Gasteiger partial charge in [0.2, 0.25) is 5.91 Å². The second-order valence-corrected chi connectivity index (χ2v) is 3.68. The second-order valence-electron chi connectivity index (χ2n) is 3.68. The summed E-state index contributed by atoms with van der Waals surface area (Å²) in [4.78, 5) is 15.5. The zero-order chi connectivity index (χ0) is 12.7. The third kappa shape index (κ3) is 4.66. The van der Waals surface area contributed by atoms with Gasteiger partial charge in [-0.25, -0.2) is 4.98 Å². The van der Waals surface area contributed by atoms with Crippen LogP contribution in [-0.4, -0.2) is 39.8 Å². The van der Waals surface area contributed by atoms with E-state index in [4.69, 9.17) is 6.42 Å². The molecule has 17 heavy (non-hydrogen) atoms. The molecule has 92 valence electrons. The Morgan fingerprint density at radius 2 is 2.47 bits per heavy atom. The summed E-state index contributed by atoms with van der Waals surface area (Å²) in [5.41, 5.74) is 0. The van der Waals surface area contributed by atoms with Crippen LogP contribution in [0.1, 0.15) is 12.7 Å². The summed E-state index contributed by atoms with van der Waals surface area (Å²) in [6, 6.07) is -0.271. The van der Waals surface area contributed by atoms with Crippen LogP contribution in [0.5, 0.6) is 0 Å². The SMILES string of the molecule is C#CCNC(=O)C(C)NCCc1ncn(C)n1. The highest BCUT2D eigenvalue weighted by Crippen LogP contribution is 1.89. The lowest BCUT2D eigenvalue weighted by atomic mass is 10.3. The van der Waals surface area contributed by atoms with Gasteiger partial charge in [-0.05, 0) is 6.92 Å². The van der Waals surface area contributed by atoms with E-state index in [2.05, 4.69) is 26.6 Å². The van der Waals surface area contributed by atoms with Crippen LogP contribution >= 0.6 is 0 Å². The van der Waals surface area contributed by atoms with Crippen LogP contribution in [0.3, 0.4) is 0 Å². The van der Waals surface area contributed by atoms with Gasteiger partial charge in [0.05, 0.1) is 12.6 Å². The molecule has 0 radical (unpaired) electrons. The zero-order valence-electron chi connectivity index (χ0n) is 10.1. The molecular weight excluding hydrogens is 218 g/mol. The minimum absolute atomic E-state index is 0.100. The Morgan fingerprint density at radius 1 is 1.71 bits per heavy atom. The Bertz CT molecular complexity index is 406. The fraction of sp³-hybridized carbons (Fsp3) is 0.545. The first-order chi connectivity index (χ1) is 8.13. The van der Waals surface area contributed by atoms with Crippen molar-refractivity contribution in [3.63, 3.8) is 0 Å². The van der Waals surface area contributed by atoms with E-state index in [9.17, 15) is 4.79 Å². The van der Waals surface area contributed by atoms with Crippen molar-refractivity contribution in [2.45, 2.75) is 19.4 Å². The third-order valence-corrected chi connectivity index (χ3v) is 2.20. The van der Waals surface area contributed by atoms with Crippen molar-refractivity contribution in [3.8, 4) is 12.3 Å². The van der Waals surface area contributed by atoms with Crippen LogP contribution in [0, 0.1) is 12.3 Å². The van der Waals surface area contributed by atoms with E-state index in [0.29, 0.717) is 13.0 Å². The first kappa shape index (κ1) is 13.2. The first-order valence-corrected chi connectivity index (χ1v) is 5.42. The summed E-state index contributed by atoms with van der Waals surface area (Å²) in [5.74, 6) is 3.02. The summed E-state index contributed by atoms with van der Waals surface area (Å²) < 4.78 is 1.65. The smallest absolute Gasteiger partial charge is 0.237 e. The summed E-state index contributed by atoms with van der Waals surface area (Å²) in [5, 5.41) is 9.83. The molecule has 1 amide bonds. The van der Waals surface area contributed by atoms with Crippen molar-refractivity contribution in [1.29, 1.82) is 0 Å². The van der Waals surface area contributed by atoms with E-state index < -0.39 is 0 Å². The number of hydrogen-bond donors (Lipinski definition) is 2. The minimum atomic E-state index is -0.271. The van der Waals surface area contributed by atoms with E-state index in [-0.39, 0.29) is 18.5 Å². The Labute approximate surface area is 101 Å². The number of carbonyl (C=O) groups is 1. The van der Waals surface area contributed by atoms with Crippen molar-refractivity contribution in [2.24, 2.45) is 7.05 Å². The molecule has 1 heterocycles. The topological polar surface area (TPSA) is 71.8 Å². The van der Waals surface area contributed by atoms with Crippen molar-refractivity contribution in [3.05, 3.63) is 12.2 Å². The molecule has 1 atom stereocenters. The van der Waals surface area contributed by atoms with Crippen LogP contribution in [0.15, 0.2) is 6.33 Å². The van der Waals surface area contributed by atoms with Crippen LogP contribution < -0.4 is 10.6 Å². The van der Waals surface area contributed by atoms with E-state index in [1.165, 1.54) is 0 Å². The Balaban J connectivity index is 2.22. The molecule has 0 bridgehead atoms. The van der Waals surface area contributed by atoms with Crippen LogP contribution in [-0.2, 0) is 18.3 Å². The molecule has 1 unspecified atom stereocenters. The molecule has 6 nitrogen and oxygen atoms in total. The standard InChI is InChI=1S/C11H17N5O/c1-4-6-13-11(17)9(2)12-7-5-10-14-8-16(3)15-10/h1,8-9,12H,5-7H2,2-3H3,(H,13,17). The molecule has 1 rings (SSSR count). The number of aryl methyl sites for hydroxylation is 1. The molecule has 1 aromatic rings. The number of nitrogens with zero attached hydrogens (tertiary/aromatic N) is 3. The van der Waals surface area contributed by atoms with Crippen LogP contribution in [0.4, 0.5) is 0 Å². The monoisotopic (exact) mass is 235 g/mol. The number of aromatic nitrogens is 3. The Morgan fingerprint density at radius 3 is 3.06 bits per heavy atom. The lowest BCUT2D eigenvalue weighted by Gasteiger charge is -2.11. The average Bonchev–Trinajstić information content (AvgIpc) is 2.71. The van der Waals surface area contributed by atoms with E-state index in [1.54, 1.807) is 17.9 Å². The van der Waals surface area contributed by atoms with Gasteiger partial charge in [0.1, 0.15) is 6.33 Å². The molecule has 1 aromatic heterocycles. The van der Waals surface area contributed by atoms with Gasteiger partial charge in [-0.1, -0.05) is 5.92 Å². The van der Waals surface area contributed by atoms with Gasteiger partial charge in [0, 0.05) is 20.0 Å². The van der Waals surface area contributed by atoms with E-state index in [1.807, 2.05) is 7.05 Å². The van der Waals surface area contributed by atoms with E-state index in [0.717, 1.165) is 5.82 Å². The molecule has 0 spiro atoms. The lowest BCUT2D eigenvalue weighted by Crippen LogP contribution is -2.43. The number of amides is 1. The molecule has 0 fully saturated rings. The van der Waals surface area contributed by atoms with Crippen molar-refractivity contribution >= 4 is 5.91 Å². The molecule has 0 aliphatic heterocycles. The van der Waals surface area contributed by atoms with Crippen molar-refractivity contribution < 1.29 is 4.79 Å². The predicted octanol–water partition coefficient (Wildman–Crippen LogP) is -0.915. The summed E-state index contributed by atoms with van der Waals surface area (Å²) in [6.07, 6.45) is 7.39. The molecule has 2 N–H and O–H groups in total. The Hall–Kier alpha value is -1.87. The minimum Gasteiger partial charge on any atom is -0.344 e. The summed E-state index contributed by atoms with van der Waals surface area (Å²) >= 11 is 0. The molecular formula is C11H17N5O. The van der Waals surface area contributed by atoms with Crippen LogP contribution in [0.25, 0.3) is 0 Å². The van der Waals surface area contributed by atoms with Crippen molar-refractivity contribution in [2.75, 3.05) is 13.1 Å². The highest BCUT2D eigenvalue weighted by Gasteiger charge is 2.10. The van der Waals surface area contributed by atoms with Gasteiger partial charge < -0.3 is 10.6 Å². The number of rotatable bonds is 6. The second kappa shape index (κ2) is 6.66. The molecule has 0 aromatic carbocycles. The number of carbonyl (C=O) groups excluding carboxylic acids is 1. The lowest BCUT2D eigenvalue weighted by molar-refractivity contribution is -0.122. The maximum absolute atomic E-state index is 11.4. The van der Waals surface area contributed by atoms with Gasteiger partial charge in [-0.3, -0.25) is 9.48 Å². The normalized spacial score (nSPS) is 11.8. The molecule has 0 saturated heterocycles. The fourth-order valence-electron chi connectivity index (χ4n) is 1.28. The molecule has 0 saturated carbocycles. The summed E-state index contributed by atoms with van der Waals surface area (Å²) in [6.45, 7) is 2.69. The molecule has 0 aliphatic carbocycles. The number of terminal acetylenes is 1. The first-order valence-electron chi connectivity index (χ1n) is 5.42. The largest absolute Gasteiger partial charge is 0.344 e. The van der Waals surface area contributed by atoms with Gasteiger partial charge >= 0.3 is 0 Å². The highest BCUT2D eigenvalue weighted by molar-refractivity contribution is 5.81. The average molecular weight is 235 g/mol. The maximum atomic E-state index is 11.4. The maximum Gasteiger partial charge on any atom is 0.237 e. The predicted molar refractivity (Wildman–Crippen MR) is 64.0 cm³/mol. The summed E-state index contributed by atoms with van der Waals surface area (Å²) in [7, 11) is 1.82. The fourth-order valence-corrected chi connectivity index (χ4v) is 1.28. The Kier molecular flexibility index (Phi) is 5.17. The van der Waals surface area contributed by atoms with Crippen LogP contribution in [0.2, 0.25) is 0 Å². The highest BCUT2D eigenvalue weighted by atomic mass is 16.2. The van der Waals surface area contributed by atoms with Crippen molar-refractivity contribution in [1.82, 2.24) is 25.4 Å². The molecule has 0 aliphatic rings. The third-order valence-electron chi connectivity index (χ3n) is 2.20. The van der Waals surface area contributed by atoms with Gasteiger partial charge in [-0.2, -0.15) is 5.10 Å². The van der Waals surface area contributed by atoms with Gasteiger partial charge in [0.15, 0.2) is 5.82 Å². The van der Waals surface area contributed by atoms with E-state index >= 15 is 0 Å².